The third-order valence-electron chi connectivity index (χ3n) is 2.70. The van der Waals surface area contributed by atoms with Gasteiger partial charge < -0.3 is 5.73 Å². The van der Waals surface area contributed by atoms with Crippen LogP contribution in [0, 0.1) is 13.8 Å². The number of rotatable bonds is 2. The Bertz CT molecular complexity index is 309. The number of aromatic nitrogens is 2. The van der Waals surface area contributed by atoms with Gasteiger partial charge in [-0.3, -0.25) is 0 Å². The van der Waals surface area contributed by atoms with Crippen LogP contribution in [0.2, 0.25) is 0 Å². The molecule has 0 aliphatic heterocycles. The predicted octanol–water partition coefficient (Wildman–Crippen LogP) is 1.08. The first-order valence-electron chi connectivity index (χ1n) is 4.69. The Hall–Kier alpha value is -0.960. The van der Waals surface area contributed by atoms with E-state index >= 15 is 0 Å². The Morgan fingerprint density at radius 3 is 2.23 bits per heavy atom. The highest BCUT2D eigenvalue weighted by molar-refractivity contribution is 5.22. The van der Waals surface area contributed by atoms with Crippen molar-refractivity contribution >= 4 is 0 Å². The summed E-state index contributed by atoms with van der Waals surface area (Å²) in [6, 6.07) is 2.00. The van der Waals surface area contributed by atoms with E-state index in [2.05, 4.69) is 9.97 Å². The second-order valence-corrected chi connectivity index (χ2v) is 3.96. The van der Waals surface area contributed by atoms with Crippen molar-refractivity contribution in [1.29, 1.82) is 0 Å². The quantitative estimate of drug-likeness (QED) is 0.735. The summed E-state index contributed by atoms with van der Waals surface area (Å²) in [5, 5.41) is 0. The zero-order chi connectivity index (χ0) is 9.47. The molecule has 0 atom stereocenters. The van der Waals surface area contributed by atoms with Crippen LogP contribution >= 0.6 is 0 Å². The van der Waals surface area contributed by atoms with Gasteiger partial charge in [-0.2, -0.15) is 0 Å². The lowest BCUT2D eigenvalue weighted by molar-refractivity contribution is 0.641. The van der Waals surface area contributed by atoms with Crippen molar-refractivity contribution in [2.45, 2.75) is 32.1 Å². The van der Waals surface area contributed by atoms with Gasteiger partial charge in [-0.25, -0.2) is 9.97 Å². The lowest BCUT2D eigenvalue weighted by atomic mass is 10.1. The van der Waals surface area contributed by atoms with E-state index in [1.807, 2.05) is 19.9 Å². The molecule has 0 radical (unpaired) electrons. The Labute approximate surface area is 78.4 Å². The van der Waals surface area contributed by atoms with Crippen molar-refractivity contribution in [1.82, 2.24) is 9.97 Å². The second-order valence-electron chi connectivity index (χ2n) is 3.96. The Kier molecular flexibility index (Phi) is 1.84. The van der Waals surface area contributed by atoms with Crippen molar-refractivity contribution < 1.29 is 0 Å². The minimum atomic E-state index is 0.122. The molecule has 1 aromatic heterocycles. The molecule has 2 N–H and O–H groups in total. The number of hydrogen-bond donors (Lipinski definition) is 1. The molecule has 1 aliphatic rings. The standard InChI is InChI=1S/C10H15N3/c1-7-5-8(2)13-9(12-7)10(6-11)3-4-10/h5H,3-4,6,11H2,1-2H3. The molecular formula is C10H15N3. The maximum atomic E-state index is 5.72. The average molecular weight is 177 g/mol. The molecule has 0 spiro atoms. The third-order valence-corrected chi connectivity index (χ3v) is 2.70. The zero-order valence-corrected chi connectivity index (χ0v) is 8.17. The molecule has 1 fully saturated rings. The van der Waals surface area contributed by atoms with Gasteiger partial charge in [0.2, 0.25) is 0 Å². The highest BCUT2D eigenvalue weighted by Crippen LogP contribution is 2.45. The molecular weight excluding hydrogens is 162 g/mol. The number of hydrogen-bond acceptors (Lipinski definition) is 3. The summed E-state index contributed by atoms with van der Waals surface area (Å²) in [4.78, 5) is 8.90. The molecule has 0 unspecified atom stereocenters. The van der Waals surface area contributed by atoms with E-state index in [1.165, 1.54) is 0 Å². The fourth-order valence-electron chi connectivity index (χ4n) is 1.63. The molecule has 0 bridgehead atoms. The van der Waals surface area contributed by atoms with Crippen molar-refractivity contribution in [3.8, 4) is 0 Å². The van der Waals surface area contributed by atoms with E-state index in [4.69, 9.17) is 5.73 Å². The first-order valence-corrected chi connectivity index (χ1v) is 4.69. The van der Waals surface area contributed by atoms with Crippen LogP contribution in [-0.2, 0) is 5.41 Å². The van der Waals surface area contributed by atoms with Crippen LogP contribution in [0.3, 0.4) is 0 Å². The lowest BCUT2D eigenvalue weighted by Crippen LogP contribution is -2.23. The van der Waals surface area contributed by atoms with Gasteiger partial charge in [0.1, 0.15) is 5.82 Å². The Morgan fingerprint density at radius 1 is 1.31 bits per heavy atom. The van der Waals surface area contributed by atoms with Crippen LogP contribution in [0.5, 0.6) is 0 Å². The SMILES string of the molecule is Cc1cc(C)nc(C2(CN)CC2)n1. The molecule has 0 saturated heterocycles. The van der Waals surface area contributed by atoms with Crippen molar-refractivity contribution in [2.24, 2.45) is 5.73 Å². The van der Waals surface area contributed by atoms with E-state index in [9.17, 15) is 0 Å². The zero-order valence-electron chi connectivity index (χ0n) is 8.17. The van der Waals surface area contributed by atoms with Gasteiger partial charge in [0.15, 0.2) is 0 Å². The van der Waals surface area contributed by atoms with Crippen LogP contribution in [0.1, 0.15) is 30.1 Å². The summed E-state index contributed by atoms with van der Waals surface area (Å²) in [7, 11) is 0. The maximum absolute atomic E-state index is 5.72. The van der Waals surface area contributed by atoms with Gasteiger partial charge in [0.25, 0.3) is 0 Å². The van der Waals surface area contributed by atoms with Crippen molar-refractivity contribution in [3.63, 3.8) is 0 Å². The fourth-order valence-corrected chi connectivity index (χ4v) is 1.63. The molecule has 1 saturated carbocycles. The minimum Gasteiger partial charge on any atom is -0.329 e. The van der Waals surface area contributed by atoms with Gasteiger partial charge in [0.05, 0.1) is 0 Å². The maximum Gasteiger partial charge on any atom is 0.136 e. The topological polar surface area (TPSA) is 51.8 Å². The van der Waals surface area contributed by atoms with Gasteiger partial charge in [0, 0.05) is 23.3 Å². The fraction of sp³-hybridized carbons (Fsp3) is 0.600. The summed E-state index contributed by atoms with van der Waals surface area (Å²) in [5.41, 5.74) is 7.93. The highest BCUT2D eigenvalue weighted by Gasteiger charge is 2.45. The molecule has 2 rings (SSSR count). The monoisotopic (exact) mass is 177 g/mol. The Balaban J connectivity index is 2.40. The van der Waals surface area contributed by atoms with E-state index < -0.39 is 0 Å². The van der Waals surface area contributed by atoms with Crippen LogP contribution in [-0.4, -0.2) is 16.5 Å². The van der Waals surface area contributed by atoms with E-state index in [0.29, 0.717) is 6.54 Å². The van der Waals surface area contributed by atoms with Crippen molar-refractivity contribution in [2.75, 3.05) is 6.54 Å². The molecule has 0 amide bonds. The van der Waals surface area contributed by atoms with Crippen LogP contribution in [0.4, 0.5) is 0 Å². The first kappa shape index (κ1) is 8.63. The van der Waals surface area contributed by atoms with Crippen molar-refractivity contribution in [3.05, 3.63) is 23.3 Å². The minimum absolute atomic E-state index is 0.122. The van der Waals surface area contributed by atoms with Crippen LogP contribution in [0.15, 0.2) is 6.07 Å². The van der Waals surface area contributed by atoms with Crippen LogP contribution < -0.4 is 5.73 Å². The molecule has 3 heteroatoms. The summed E-state index contributed by atoms with van der Waals surface area (Å²) in [6.45, 7) is 4.69. The van der Waals surface area contributed by atoms with E-state index in [-0.39, 0.29) is 5.41 Å². The van der Waals surface area contributed by atoms with Gasteiger partial charge in [-0.15, -0.1) is 0 Å². The molecule has 3 nitrogen and oxygen atoms in total. The average Bonchev–Trinajstić information content (AvgIpc) is 2.82. The second kappa shape index (κ2) is 2.77. The molecule has 1 heterocycles. The summed E-state index contributed by atoms with van der Waals surface area (Å²) in [5.74, 6) is 0.951. The predicted molar refractivity (Wildman–Crippen MR) is 51.5 cm³/mol. The molecule has 0 aromatic carbocycles. The smallest absolute Gasteiger partial charge is 0.136 e. The summed E-state index contributed by atoms with van der Waals surface area (Å²) in [6.07, 6.45) is 2.29. The van der Waals surface area contributed by atoms with E-state index in [1.54, 1.807) is 0 Å². The van der Waals surface area contributed by atoms with Gasteiger partial charge >= 0.3 is 0 Å². The molecule has 13 heavy (non-hydrogen) atoms. The number of nitrogens with zero attached hydrogens (tertiary/aromatic N) is 2. The molecule has 1 aliphatic carbocycles. The Morgan fingerprint density at radius 2 is 1.85 bits per heavy atom. The van der Waals surface area contributed by atoms with Gasteiger partial charge in [-0.1, -0.05) is 0 Å². The normalized spacial score (nSPS) is 18.7. The van der Waals surface area contributed by atoms with Crippen LogP contribution in [0.25, 0.3) is 0 Å². The van der Waals surface area contributed by atoms with Gasteiger partial charge in [-0.05, 0) is 32.8 Å². The number of aryl methyl sites for hydroxylation is 2. The molecule has 1 aromatic rings. The lowest BCUT2D eigenvalue weighted by Gasteiger charge is -2.11. The first-order chi connectivity index (χ1) is 6.16. The third kappa shape index (κ3) is 1.44. The van der Waals surface area contributed by atoms with E-state index in [0.717, 1.165) is 30.1 Å². The largest absolute Gasteiger partial charge is 0.329 e. The number of nitrogens with two attached hydrogens (primary N) is 1. The summed E-state index contributed by atoms with van der Waals surface area (Å²) >= 11 is 0. The summed E-state index contributed by atoms with van der Waals surface area (Å²) < 4.78 is 0. The highest BCUT2D eigenvalue weighted by atomic mass is 14.9. The molecule has 70 valence electrons.